The zero-order valence-electron chi connectivity index (χ0n) is 39.5. The highest BCUT2D eigenvalue weighted by molar-refractivity contribution is 6.04. The quantitative estimate of drug-likeness (QED) is 0.0427. The summed E-state index contributed by atoms with van der Waals surface area (Å²) in [7, 11) is 1.96. The van der Waals surface area contributed by atoms with Gasteiger partial charge in [0.1, 0.15) is 12.1 Å². The molecule has 1 aromatic rings. The van der Waals surface area contributed by atoms with Gasteiger partial charge in [-0.05, 0) is 49.8 Å². The molecule has 2 saturated heterocycles. The molecule has 0 saturated carbocycles. The molecule has 0 aromatic heterocycles. The minimum atomic E-state index is -1.17. The van der Waals surface area contributed by atoms with Crippen LogP contribution < -0.4 is 32.3 Å². The molecule has 4 atom stereocenters. The number of hydrogen-bond acceptors (Lipinski definition) is 13. The molecule has 0 bridgehead atoms. The van der Waals surface area contributed by atoms with Crippen molar-refractivity contribution in [1.29, 1.82) is 0 Å². The number of urea groups is 1. The van der Waals surface area contributed by atoms with Gasteiger partial charge in [-0.1, -0.05) is 46.8 Å². The number of carbonyl (C=O) groups excluding carboxylic acids is 9. The molecule has 1 aromatic carbocycles. The molecule has 9 amide bonds. The Labute approximate surface area is 387 Å². The monoisotopic (exact) mass is 930 g/mol. The molecule has 2 unspecified atom stereocenters. The highest BCUT2D eigenvalue weighted by Gasteiger charge is 2.40. The van der Waals surface area contributed by atoms with E-state index in [0.717, 1.165) is 0 Å². The summed E-state index contributed by atoms with van der Waals surface area (Å²) < 4.78 is 16.4. The summed E-state index contributed by atoms with van der Waals surface area (Å²) in [6, 6.07) is 3.41. The second-order valence-electron chi connectivity index (χ2n) is 18.1. The van der Waals surface area contributed by atoms with Crippen LogP contribution in [0.5, 0.6) is 0 Å². The summed E-state index contributed by atoms with van der Waals surface area (Å²) in [4.78, 5) is 119. The largest absolute Gasteiger partial charge is 0.447 e. The van der Waals surface area contributed by atoms with Gasteiger partial charge in [0.05, 0.1) is 26.4 Å². The van der Waals surface area contributed by atoms with E-state index >= 15 is 0 Å². The lowest BCUT2D eigenvalue weighted by Gasteiger charge is -2.34. The van der Waals surface area contributed by atoms with Crippen molar-refractivity contribution >= 4 is 59.0 Å². The van der Waals surface area contributed by atoms with Gasteiger partial charge in [-0.3, -0.25) is 43.3 Å². The number of anilines is 1. The van der Waals surface area contributed by atoms with Crippen LogP contribution in [0.15, 0.2) is 24.3 Å². The minimum absolute atomic E-state index is 0.00268. The Bertz CT molecular complexity index is 1830. The van der Waals surface area contributed by atoms with Gasteiger partial charge in [0.25, 0.3) is 5.91 Å². The number of nitrogens with zero attached hydrogens (tertiary/aromatic N) is 3. The zero-order chi connectivity index (χ0) is 49.0. The molecule has 2 heterocycles. The number of esters is 1. The van der Waals surface area contributed by atoms with E-state index in [4.69, 9.17) is 19.9 Å². The molecule has 2 aliphatic heterocycles. The van der Waals surface area contributed by atoms with Gasteiger partial charge in [0, 0.05) is 89.2 Å². The third-order valence-electron chi connectivity index (χ3n) is 10.8. The molecule has 21 heteroatoms. The Morgan fingerprint density at radius 2 is 1.47 bits per heavy atom. The highest BCUT2D eigenvalue weighted by atomic mass is 16.5. The number of carbonyl (C=O) groups is 9. The third kappa shape index (κ3) is 19.4. The van der Waals surface area contributed by atoms with Crippen molar-refractivity contribution < 1.29 is 57.4 Å². The SMILES string of the molecule is CC(=O)OC(C(=O)N1CCN(C)CC1)c1ccc(NC(=O)[C@H](CCCNC(N)=O)NC(=O)[C@@H](NC(=O)CCOCCOCCNC(=O)CCN2C(=O)CC(CC(C)(C)C)C2=O)C(C)C)cc1. The van der Waals surface area contributed by atoms with E-state index < -0.39 is 47.9 Å². The van der Waals surface area contributed by atoms with Crippen molar-refractivity contribution in [3.05, 3.63) is 29.8 Å². The average Bonchev–Trinajstić information content (AvgIpc) is 3.50. The van der Waals surface area contributed by atoms with Crippen molar-refractivity contribution in [3.63, 3.8) is 0 Å². The standard InChI is InChI=1S/C45H71N9O12/c1-29(2)38(51-36(57)15-23-64-25-26-65-24-17-47-35(56)14-18-54-37(58)27-32(42(54)61)28-45(4,5)6)41(60)50-34(9-8-16-48-44(46)63)40(59)49-33-12-10-31(11-13-33)39(66-30(3)55)43(62)53-21-19-52(7)20-22-53/h10-13,29,32,34,38-39H,8-9,14-28H2,1-7H3,(H,47,56)(H,49,59)(H,50,60)(H,51,57)(H3,46,48,63)/t32?,34-,38-,39?/m0/s1. The first-order valence-corrected chi connectivity index (χ1v) is 22.6. The van der Waals surface area contributed by atoms with E-state index in [-0.39, 0.29) is 119 Å². The second-order valence-corrected chi connectivity index (χ2v) is 18.1. The number of rotatable bonds is 26. The highest BCUT2D eigenvalue weighted by Crippen LogP contribution is 2.32. The number of likely N-dealkylation sites (N-methyl/N-ethyl adjacent to an activating group) is 1. The molecule has 2 fully saturated rings. The first kappa shape index (κ1) is 54.7. The smallest absolute Gasteiger partial charge is 0.312 e. The number of piperazine rings is 1. The van der Waals surface area contributed by atoms with Crippen LogP contribution in [0.2, 0.25) is 0 Å². The molecule has 21 nitrogen and oxygen atoms in total. The third-order valence-corrected chi connectivity index (χ3v) is 10.8. The Morgan fingerprint density at radius 3 is 2.08 bits per heavy atom. The minimum Gasteiger partial charge on any atom is -0.447 e. The van der Waals surface area contributed by atoms with Gasteiger partial charge in [-0.15, -0.1) is 0 Å². The van der Waals surface area contributed by atoms with Crippen molar-refractivity contribution in [1.82, 2.24) is 36.0 Å². The van der Waals surface area contributed by atoms with Crippen molar-refractivity contribution in [2.75, 3.05) is 84.6 Å². The van der Waals surface area contributed by atoms with Crippen LogP contribution in [0.1, 0.15) is 91.7 Å². The Kier molecular flexibility index (Phi) is 22.4. The fraction of sp³-hybridized carbons (Fsp3) is 0.667. The van der Waals surface area contributed by atoms with E-state index in [2.05, 4.69) is 31.5 Å². The van der Waals surface area contributed by atoms with Gasteiger partial charge < -0.3 is 56.3 Å². The molecule has 2 aliphatic rings. The van der Waals surface area contributed by atoms with Gasteiger partial charge in [-0.25, -0.2) is 4.79 Å². The summed E-state index contributed by atoms with van der Waals surface area (Å²) in [5.41, 5.74) is 5.85. The Balaban J connectivity index is 1.43. The van der Waals surface area contributed by atoms with Gasteiger partial charge in [0.2, 0.25) is 41.5 Å². The fourth-order valence-corrected chi connectivity index (χ4v) is 7.36. The lowest BCUT2D eigenvalue weighted by molar-refractivity contribution is -0.160. The first-order chi connectivity index (χ1) is 31.1. The predicted molar refractivity (Wildman–Crippen MR) is 242 cm³/mol. The Hall–Kier alpha value is -5.67. The van der Waals surface area contributed by atoms with Crippen molar-refractivity contribution in [2.45, 2.75) is 98.3 Å². The maximum Gasteiger partial charge on any atom is 0.312 e. The number of imide groups is 1. The number of likely N-dealkylation sites (tertiary alicyclic amines) is 1. The van der Waals surface area contributed by atoms with Gasteiger partial charge in [-0.2, -0.15) is 0 Å². The average molecular weight is 930 g/mol. The number of ether oxygens (including phenoxy) is 3. The molecule has 66 heavy (non-hydrogen) atoms. The molecule has 7 N–H and O–H groups in total. The topological polar surface area (TPSA) is 277 Å². The zero-order valence-corrected chi connectivity index (χ0v) is 39.5. The first-order valence-electron chi connectivity index (χ1n) is 22.6. The van der Waals surface area contributed by atoms with E-state index in [0.29, 0.717) is 43.9 Å². The van der Waals surface area contributed by atoms with Crippen LogP contribution in [0.4, 0.5) is 10.5 Å². The number of benzene rings is 1. The van der Waals surface area contributed by atoms with E-state index in [9.17, 15) is 43.2 Å². The maximum absolute atomic E-state index is 13.6. The lowest BCUT2D eigenvalue weighted by Crippen LogP contribution is -2.54. The molecular formula is C45H71N9O12. The van der Waals surface area contributed by atoms with Crippen LogP contribution in [-0.4, -0.2) is 159 Å². The van der Waals surface area contributed by atoms with E-state index in [1.165, 1.54) is 11.8 Å². The number of primary amides is 1. The van der Waals surface area contributed by atoms with Gasteiger partial charge >= 0.3 is 12.0 Å². The number of hydrogen-bond donors (Lipinski definition) is 6. The van der Waals surface area contributed by atoms with E-state index in [1.54, 1.807) is 43.0 Å². The molecule has 0 radical (unpaired) electrons. The van der Waals surface area contributed by atoms with Crippen LogP contribution in [0, 0.1) is 17.3 Å². The summed E-state index contributed by atoms with van der Waals surface area (Å²) in [6.07, 6.45) is -0.0861. The Morgan fingerprint density at radius 1 is 0.818 bits per heavy atom. The summed E-state index contributed by atoms with van der Waals surface area (Å²) in [6.45, 7) is 14.1. The molecular weight excluding hydrogens is 859 g/mol. The van der Waals surface area contributed by atoms with Crippen molar-refractivity contribution in [3.8, 4) is 0 Å². The molecule has 0 aliphatic carbocycles. The van der Waals surface area contributed by atoms with E-state index in [1.807, 2.05) is 27.8 Å². The van der Waals surface area contributed by atoms with Crippen LogP contribution in [0.3, 0.4) is 0 Å². The molecule has 368 valence electrons. The van der Waals surface area contributed by atoms with Crippen LogP contribution >= 0.6 is 0 Å². The summed E-state index contributed by atoms with van der Waals surface area (Å²) in [5, 5.41) is 13.4. The summed E-state index contributed by atoms with van der Waals surface area (Å²) >= 11 is 0. The molecule has 3 rings (SSSR count). The normalized spacial score (nSPS) is 16.9. The number of nitrogens with two attached hydrogens (primary N) is 1. The van der Waals surface area contributed by atoms with Gasteiger partial charge in [0.15, 0.2) is 0 Å². The maximum atomic E-state index is 13.6. The number of amides is 9. The fourth-order valence-electron chi connectivity index (χ4n) is 7.36. The van der Waals surface area contributed by atoms with Crippen LogP contribution in [-0.2, 0) is 52.6 Å². The molecule has 0 spiro atoms. The second kappa shape index (κ2) is 27.1. The van der Waals surface area contributed by atoms with Crippen molar-refractivity contribution in [2.24, 2.45) is 23.0 Å². The lowest BCUT2D eigenvalue weighted by atomic mass is 9.84. The number of nitrogens with one attached hydrogen (secondary N) is 5. The van der Waals surface area contributed by atoms with Crippen LogP contribution in [0.25, 0.3) is 0 Å². The summed E-state index contributed by atoms with van der Waals surface area (Å²) in [5.74, 6) is -4.12. The predicted octanol–water partition coefficient (Wildman–Crippen LogP) is 0.818.